The highest BCUT2D eigenvalue weighted by Gasteiger charge is 2.49. The number of likely N-dealkylation sites (tertiary alicyclic amines) is 1. The minimum Gasteiger partial charge on any atom is -0.489 e. The Morgan fingerprint density at radius 2 is 1.74 bits per heavy atom. The Morgan fingerprint density at radius 1 is 1.19 bits per heavy atom. The molecule has 0 spiro atoms. The van der Waals surface area contributed by atoms with Crippen LogP contribution < -0.4 is 9.88 Å². The maximum absolute atomic E-state index is 14.7. The molecule has 0 unspecified atom stereocenters. The Morgan fingerprint density at radius 3 is 2.22 bits per heavy atom. The van der Waals surface area contributed by atoms with Gasteiger partial charge in [0.15, 0.2) is 0 Å². The summed E-state index contributed by atoms with van der Waals surface area (Å²) in [5.74, 6) is -0.796. The van der Waals surface area contributed by atoms with Crippen LogP contribution in [0.25, 0.3) is 0 Å². The molecule has 2 rings (SSSR count). The number of sulfone groups is 1. The summed E-state index contributed by atoms with van der Waals surface area (Å²) >= 11 is 0. The van der Waals surface area contributed by atoms with E-state index in [9.17, 15) is 34.4 Å². The number of halogens is 4. The van der Waals surface area contributed by atoms with Crippen molar-refractivity contribution in [2.75, 3.05) is 26.7 Å². The maximum Gasteiger partial charge on any atom is 0.502 e. The lowest BCUT2D eigenvalue weighted by molar-refractivity contribution is -0.0438. The molecule has 27 heavy (non-hydrogen) atoms. The number of benzene rings is 1. The summed E-state index contributed by atoms with van der Waals surface area (Å²) in [6.45, 7) is 0.131. The highest BCUT2D eigenvalue weighted by Crippen LogP contribution is 2.37. The molecule has 1 heterocycles. The molecule has 0 amide bonds. The third kappa shape index (κ3) is 4.89. The molecule has 0 saturated carbocycles. The number of hydrogen-bond donors (Lipinski definition) is 1. The van der Waals surface area contributed by atoms with E-state index in [1.54, 1.807) is 7.05 Å². The first-order chi connectivity index (χ1) is 12.2. The summed E-state index contributed by atoms with van der Waals surface area (Å²) in [6, 6.07) is 1.77. The van der Waals surface area contributed by atoms with E-state index in [1.165, 1.54) is 0 Å². The summed E-state index contributed by atoms with van der Waals surface area (Å²) in [5, 5.41) is 4.84. The second-order valence-electron chi connectivity index (χ2n) is 6.35. The van der Waals surface area contributed by atoms with Crippen LogP contribution in [0.5, 0.6) is 5.75 Å². The molecule has 1 aromatic rings. The average molecular weight is 434 g/mol. The first kappa shape index (κ1) is 21.9. The molecule has 1 aromatic carbocycles. The van der Waals surface area contributed by atoms with Gasteiger partial charge in [-0.25, -0.2) is 26.4 Å². The highest BCUT2D eigenvalue weighted by atomic mass is 32.2. The van der Waals surface area contributed by atoms with Gasteiger partial charge in [0.1, 0.15) is 22.9 Å². The first-order valence-electron chi connectivity index (χ1n) is 7.64. The van der Waals surface area contributed by atoms with E-state index in [2.05, 4.69) is 0 Å². The lowest BCUT2D eigenvalue weighted by atomic mass is 9.94. The molecule has 1 aliphatic heterocycles. The fraction of sp³-hybridized carbons (Fsp3) is 0.571. The molecule has 0 atom stereocenters. The Labute approximate surface area is 154 Å². The molecule has 0 bridgehead atoms. The number of hydrogen-bond acceptors (Lipinski definition) is 6. The van der Waals surface area contributed by atoms with Crippen LogP contribution in [0.4, 0.5) is 17.6 Å². The van der Waals surface area contributed by atoms with Crippen LogP contribution >= 0.6 is 0 Å². The zero-order chi connectivity index (χ0) is 20.7. The van der Waals surface area contributed by atoms with Crippen LogP contribution in [0, 0.1) is 0 Å². The van der Waals surface area contributed by atoms with E-state index in [-0.39, 0.29) is 18.9 Å². The van der Waals surface area contributed by atoms with Crippen LogP contribution in [0.1, 0.15) is 12.8 Å². The van der Waals surface area contributed by atoms with Gasteiger partial charge in [0.2, 0.25) is 10.0 Å². The summed E-state index contributed by atoms with van der Waals surface area (Å²) in [5.41, 5.74) is -7.55. The Balaban J connectivity index is 2.41. The summed E-state index contributed by atoms with van der Waals surface area (Å²) in [6.07, 6.45) is 0.111. The van der Waals surface area contributed by atoms with Crippen molar-refractivity contribution in [3.8, 4) is 5.75 Å². The van der Waals surface area contributed by atoms with Crippen molar-refractivity contribution in [1.82, 2.24) is 4.90 Å². The quantitative estimate of drug-likeness (QED) is 0.703. The lowest BCUT2D eigenvalue weighted by Crippen LogP contribution is -2.43. The number of nitrogens with zero attached hydrogens (tertiary/aromatic N) is 1. The number of ether oxygens (including phenoxy) is 1. The van der Waals surface area contributed by atoms with Crippen LogP contribution in [0.3, 0.4) is 0 Å². The van der Waals surface area contributed by atoms with E-state index in [4.69, 9.17) is 9.88 Å². The summed E-state index contributed by atoms with van der Waals surface area (Å²) < 4.78 is 105. The van der Waals surface area contributed by atoms with Gasteiger partial charge in [-0.15, -0.1) is 0 Å². The molecule has 7 nitrogen and oxygen atoms in total. The molecule has 0 aromatic heterocycles. The Hall–Kier alpha value is -1.44. The van der Waals surface area contributed by atoms with Gasteiger partial charge in [0.25, 0.3) is 9.84 Å². The van der Waals surface area contributed by atoms with Crippen LogP contribution in [0.2, 0.25) is 0 Å². The van der Waals surface area contributed by atoms with Crippen molar-refractivity contribution < 1.29 is 39.1 Å². The smallest absolute Gasteiger partial charge is 0.489 e. The Bertz CT molecular complexity index is 908. The van der Waals surface area contributed by atoms with Crippen LogP contribution in [-0.2, 0) is 19.9 Å². The van der Waals surface area contributed by atoms with Crippen molar-refractivity contribution in [1.29, 1.82) is 0 Å². The van der Waals surface area contributed by atoms with Crippen molar-refractivity contribution in [2.24, 2.45) is 5.14 Å². The van der Waals surface area contributed by atoms with Gasteiger partial charge < -0.3 is 9.64 Å². The van der Waals surface area contributed by atoms with Gasteiger partial charge >= 0.3 is 5.51 Å². The topological polar surface area (TPSA) is 107 Å². The van der Waals surface area contributed by atoms with Gasteiger partial charge in [0, 0.05) is 13.1 Å². The predicted octanol–water partition coefficient (Wildman–Crippen LogP) is 1.44. The molecule has 0 radical (unpaired) electrons. The van der Waals surface area contributed by atoms with Crippen LogP contribution in [0.15, 0.2) is 28.0 Å². The number of piperidine rings is 1. The zero-order valence-electron chi connectivity index (χ0n) is 14.2. The van der Waals surface area contributed by atoms with Gasteiger partial charge in [-0.1, -0.05) is 0 Å². The monoisotopic (exact) mass is 434 g/mol. The van der Waals surface area contributed by atoms with Crippen molar-refractivity contribution in [2.45, 2.75) is 33.8 Å². The molecule has 1 saturated heterocycles. The van der Waals surface area contributed by atoms with Crippen molar-refractivity contribution in [3.63, 3.8) is 0 Å². The third-order valence-electron chi connectivity index (χ3n) is 4.21. The van der Waals surface area contributed by atoms with E-state index in [0.29, 0.717) is 13.1 Å². The standard InChI is InChI=1S/C14H18F4N2O5S2/c1-20-6-4-13(15,5-7-20)9-25-11-3-2-10(27(19,23)24)8-12(11)26(21,22)14(16,17)18/h2-3,8H,4-7,9H2,1H3,(H2,19,23,24). The molecular formula is C14H18F4N2O5S2. The fourth-order valence-electron chi connectivity index (χ4n) is 2.49. The highest BCUT2D eigenvalue weighted by molar-refractivity contribution is 7.92. The average Bonchev–Trinajstić information content (AvgIpc) is 2.54. The SMILES string of the molecule is CN1CCC(F)(COc2ccc(S(N)(=O)=O)cc2S(=O)(=O)C(F)(F)F)CC1. The van der Waals surface area contributed by atoms with E-state index < -0.39 is 53.2 Å². The zero-order valence-corrected chi connectivity index (χ0v) is 15.8. The number of primary sulfonamides is 1. The largest absolute Gasteiger partial charge is 0.502 e. The molecule has 1 aliphatic rings. The number of nitrogens with two attached hydrogens (primary N) is 1. The second-order valence-corrected chi connectivity index (χ2v) is 9.82. The maximum atomic E-state index is 14.7. The molecule has 1 fully saturated rings. The third-order valence-corrected chi connectivity index (χ3v) is 6.63. The van der Waals surface area contributed by atoms with Gasteiger partial charge in [-0.2, -0.15) is 13.2 Å². The summed E-state index contributed by atoms with van der Waals surface area (Å²) in [7, 11) is -8.64. The van der Waals surface area contributed by atoms with Gasteiger partial charge in [0.05, 0.1) is 4.90 Å². The van der Waals surface area contributed by atoms with Gasteiger partial charge in [-0.05, 0) is 38.1 Å². The number of alkyl halides is 4. The lowest BCUT2D eigenvalue weighted by Gasteiger charge is -2.34. The molecular weight excluding hydrogens is 416 g/mol. The first-order valence-corrected chi connectivity index (χ1v) is 10.7. The minimum absolute atomic E-state index is 0.0557. The van der Waals surface area contributed by atoms with Gasteiger partial charge in [-0.3, -0.25) is 0 Å². The van der Waals surface area contributed by atoms with Crippen molar-refractivity contribution in [3.05, 3.63) is 18.2 Å². The normalized spacial score (nSPS) is 19.0. The second kappa shape index (κ2) is 7.18. The number of rotatable bonds is 5. The number of sulfonamides is 1. The van der Waals surface area contributed by atoms with E-state index in [0.717, 1.165) is 12.1 Å². The molecule has 0 aliphatic carbocycles. The fourth-order valence-corrected chi connectivity index (χ4v) is 4.03. The predicted molar refractivity (Wildman–Crippen MR) is 87.1 cm³/mol. The van der Waals surface area contributed by atoms with Crippen LogP contribution in [-0.4, -0.2) is 59.7 Å². The molecule has 154 valence electrons. The molecule has 2 N–H and O–H groups in total. The van der Waals surface area contributed by atoms with Crippen molar-refractivity contribution >= 4 is 19.9 Å². The summed E-state index contributed by atoms with van der Waals surface area (Å²) in [4.78, 5) is -0.414. The molecule has 13 heteroatoms. The van der Waals surface area contributed by atoms with E-state index >= 15 is 0 Å². The minimum atomic E-state index is -5.95. The van der Waals surface area contributed by atoms with E-state index in [1.807, 2.05) is 4.90 Å². The Kier molecular flexibility index (Phi) is 5.82.